The second-order valence-electron chi connectivity index (χ2n) is 4.66. The number of aromatic nitrogens is 1. The van der Waals surface area contributed by atoms with Gasteiger partial charge in [-0.2, -0.15) is 0 Å². The number of hydrogen-bond donors (Lipinski definition) is 2. The molecule has 0 radical (unpaired) electrons. The summed E-state index contributed by atoms with van der Waals surface area (Å²) in [5.74, 6) is 0. The van der Waals surface area contributed by atoms with Crippen molar-refractivity contribution in [1.82, 2.24) is 4.98 Å². The third kappa shape index (κ3) is 2.56. The zero-order chi connectivity index (χ0) is 13.9. The number of fused-ring (bicyclic) bond motifs is 2. The zero-order valence-corrected chi connectivity index (χ0v) is 11.8. The molecule has 3 N–H and O–H groups in total. The molecule has 100 valence electrons. The van der Waals surface area contributed by atoms with Crippen LogP contribution in [0.3, 0.4) is 0 Å². The van der Waals surface area contributed by atoms with Gasteiger partial charge < -0.3 is 11.1 Å². The van der Waals surface area contributed by atoms with Gasteiger partial charge in [0.2, 0.25) is 0 Å². The summed E-state index contributed by atoms with van der Waals surface area (Å²) < 4.78 is 1.15. The van der Waals surface area contributed by atoms with Gasteiger partial charge in [-0.05, 0) is 36.1 Å². The molecule has 3 aromatic rings. The van der Waals surface area contributed by atoms with Crippen LogP contribution in [0.5, 0.6) is 0 Å². The van der Waals surface area contributed by atoms with E-state index in [1.54, 1.807) is 0 Å². The van der Waals surface area contributed by atoms with Gasteiger partial charge in [-0.25, -0.2) is 4.98 Å². The van der Waals surface area contributed by atoms with E-state index in [-0.39, 0.29) is 0 Å². The van der Waals surface area contributed by atoms with Crippen LogP contribution >= 0.6 is 11.3 Å². The van der Waals surface area contributed by atoms with E-state index in [1.807, 2.05) is 42.5 Å². The largest absolute Gasteiger partial charge is 0.375 e. The SMILES string of the molecule is N=C1CCc2ccccc21.Nc1nc2ccccc2s1. The molecule has 0 bridgehead atoms. The molecular weight excluding hydrogens is 266 g/mol. The number of nitrogens with zero attached hydrogens (tertiary/aromatic N) is 1. The number of thiazole rings is 1. The molecule has 0 amide bonds. The predicted molar refractivity (Wildman–Crippen MR) is 85.6 cm³/mol. The first-order valence-electron chi connectivity index (χ1n) is 6.51. The molecule has 0 aliphatic heterocycles. The van der Waals surface area contributed by atoms with Crippen LogP contribution in [-0.2, 0) is 6.42 Å². The van der Waals surface area contributed by atoms with Gasteiger partial charge in [-0.15, -0.1) is 0 Å². The van der Waals surface area contributed by atoms with Crippen molar-refractivity contribution in [1.29, 1.82) is 5.41 Å². The Bertz CT molecular complexity index is 728. The fourth-order valence-corrected chi connectivity index (χ4v) is 3.05. The quantitative estimate of drug-likeness (QED) is 0.657. The summed E-state index contributed by atoms with van der Waals surface area (Å²) in [7, 11) is 0. The topological polar surface area (TPSA) is 62.8 Å². The summed E-state index contributed by atoms with van der Waals surface area (Å²) in [4.78, 5) is 4.11. The fraction of sp³-hybridized carbons (Fsp3) is 0.125. The van der Waals surface area contributed by atoms with Gasteiger partial charge in [0.1, 0.15) is 0 Å². The standard InChI is InChI=1S/C9H9N.C7H6N2S/c10-9-6-5-7-3-1-2-4-8(7)9;8-7-9-5-3-1-2-4-6(5)10-7/h1-4,10H,5-6H2;1-4H,(H2,8,9). The normalized spacial score (nSPS) is 12.9. The van der Waals surface area contributed by atoms with Crippen LogP contribution in [-0.4, -0.2) is 10.7 Å². The second kappa shape index (κ2) is 5.43. The Balaban J connectivity index is 0.000000121. The van der Waals surface area contributed by atoms with E-state index < -0.39 is 0 Å². The molecule has 0 unspecified atom stereocenters. The van der Waals surface area contributed by atoms with E-state index >= 15 is 0 Å². The van der Waals surface area contributed by atoms with E-state index in [0.717, 1.165) is 34.3 Å². The monoisotopic (exact) mass is 281 g/mol. The lowest BCUT2D eigenvalue weighted by Gasteiger charge is -1.94. The van der Waals surface area contributed by atoms with Gasteiger partial charge in [0.05, 0.1) is 10.2 Å². The van der Waals surface area contributed by atoms with Gasteiger partial charge >= 0.3 is 0 Å². The molecule has 1 heterocycles. The van der Waals surface area contributed by atoms with Crippen molar-refractivity contribution in [3.8, 4) is 0 Å². The van der Waals surface area contributed by atoms with Crippen LogP contribution in [0.2, 0.25) is 0 Å². The number of nitrogens with two attached hydrogens (primary N) is 1. The third-order valence-corrected chi connectivity index (χ3v) is 4.16. The van der Waals surface area contributed by atoms with Crippen molar-refractivity contribution in [3.05, 3.63) is 59.7 Å². The van der Waals surface area contributed by atoms with Crippen LogP contribution in [0.15, 0.2) is 48.5 Å². The lowest BCUT2D eigenvalue weighted by molar-refractivity contribution is 1.09. The summed E-state index contributed by atoms with van der Waals surface area (Å²) in [6, 6.07) is 16.1. The predicted octanol–water partition coefficient (Wildman–Crippen LogP) is 3.88. The number of anilines is 1. The average Bonchev–Trinajstić information content (AvgIpc) is 3.02. The van der Waals surface area contributed by atoms with E-state index in [0.29, 0.717) is 5.13 Å². The van der Waals surface area contributed by atoms with Crippen LogP contribution in [0.1, 0.15) is 17.5 Å². The maximum Gasteiger partial charge on any atom is 0.181 e. The van der Waals surface area contributed by atoms with Gasteiger partial charge in [0.25, 0.3) is 0 Å². The Morgan fingerprint density at radius 1 is 1.00 bits per heavy atom. The number of aryl methyl sites for hydroxylation is 1. The molecule has 0 spiro atoms. The van der Waals surface area contributed by atoms with Crippen molar-refractivity contribution in [2.45, 2.75) is 12.8 Å². The maximum atomic E-state index is 7.53. The first-order chi connectivity index (χ1) is 9.74. The number of rotatable bonds is 0. The number of para-hydroxylation sites is 1. The number of nitrogens with one attached hydrogen (secondary N) is 1. The molecule has 1 aliphatic rings. The van der Waals surface area contributed by atoms with E-state index in [4.69, 9.17) is 11.1 Å². The van der Waals surface area contributed by atoms with Crippen molar-refractivity contribution in [2.24, 2.45) is 0 Å². The van der Waals surface area contributed by atoms with E-state index in [9.17, 15) is 0 Å². The van der Waals surface area contributed by atoms with E-state index in [1.165, 1.54) is 16.9 Å². The zero-order valence-electron chi connectivity index (χ0n) is 11.0. The maximum absolute atomic E-state index is 7.53. The smallest absolute Gasteiger partial charge is 0.181 e. The van der Waals surface area contributed by atoms with Gasteiger partial charge in [-0.3, -0.25) is 0 Å². The van der Waals surface area contributed by atoms with Crippen LogP contribution in [0.4, 0.5) is 5.13 Å². The Kier molecular flexibility index (Phi) is 3.48. The fourth-order valence-electron chi connectivity index (χ4n) is 2.32. The first kappa shape index (κ1) is 12.8. The Morgan fingerprint density at radius 3 is 2.55 bits per heavy atom. The summed E-state index contributed by atoms with van der Waals surface area (Å²) in [6.07, 6.45) is 1.99. The van der Waals surface area contributed by atoms with E-state index in [2.05, 4.69) is 11.1 Å². The third-order valence-electron chi connectivity index (χ3n) is 3.30. The summed E-state index contributed by atoms with van der Waals surface area (Å²) in [6.45, 7) is 0. The first-order valence-corrected chi connectivity index (χ1v) is 7.32. The lowest BCUT2D eigenvalue weighted by Crippen LogP contribution is -1.89. The van der Waals surface area contributed by atoms with Crippen molar-refractivity contribution >= 4 is 32.4 Å². The molecule has 1 aromatic heterocycles. The number of nitrogen functional groups attached to an aromatic ring is 1. The molecule has 0 saturated heterocycles. The lowest BCUT2D eigenvalue weighted by atomic mass is 10.1. The second-order valence-corrected chi connectivity index (χ2v) is 5.72. The highest BCUT2D eigenvalue weighted by Crippen LogP contribution is 2.22. The summed E-state index contributed by atoms with van der Waals surface area (Å²) in [5.41, 5.74) is 9.79. The van der Waals surface area contributed by atoms with Gasteiger partial charge in [-0.1, -0.05) is 47.7 Å². The molecule has 20 heavy (non-hydrogen) atoms. The number of hydrogen-bond acceptors (Lipinski definition) is 4. The molecule has 1 aliphatic carbocycles. The molecule has 0 saturated carbocycles. The van der Waals surface area contributed by atoms with Crippen molar-refractivity contribution in [2.75, 3.05) is 5.73 Å². The van der Waals surface area contributed by atoms with Gasteiger partial charge in [0, 0.05) is 5.71 Å². The molecule has 2 aromatic carbocycles. The van der Waals surface area contributed by atoms with Crippen molar-refractivity contribution < 1.29 is 0 Å². The Labute approximate surface area is 121 Å². The molecule has 4 heteroatoms. The Hall–Kier alpha value is -2.20. The molecule has 4 rings (SSSR count). The number of benzene rings is 2. The summed E-state index contributed by atoms with van der Waals surface area (Å²) in [5, 5.41) is 8.17. The molecule has 3 nitrogen and oxygen atoms in total. The van der Waals surface area contributed by atoms with Crippen LogP contribution in [0, 0.1) is 5.41 Å². The van der Waals surface area contributed by atoms with Gasteiger partial charge in [0.15, 0.2) is 5.13 Å². The highest BCUT2D eigenvalue weighted by molar-refractivity contribution is 7.22. The molecular formula is C16H15N3S. The minimum atomic E-state index is 0.640. The summed E-state index contributed by atoms with van der Waals surface area (Å²) >= 11 is 1.52. The van der Waals surface area contributed by atoms with Crippen molar-refractivity contribution in [3.63, 3.8) is 0 Å². The van der Waals surface area contributed by atoms with Crippen LogP contribution in [0.25, 0.3) is 10.2 Å². The minimum absolute atomic E-state index is 0.640. The molecule has 0 atom stereocenters. The molecule has 0 fully saturated rings. The van der Waals surface area contributed by atoms with Crippen LogP contribution < -0.4 is 5.73 Å². The highest BCUT2D eigenvalue weighted by atomic mass is 32.1. The minimum Gasteiger partial charge on any atom is -0.375 e. The Morgan fingerprint density at radius 2 is 1.75 bits per heavy atom. The average molecular weight is 281 g/mol. The highest BCUT2D eigenvalue weighted by Gasteiger charge is 2.13.